The van der Waals surface area contributed by atoms with Gasteiger partial charge >= 0.3 is 5.97 Å². The molecule has 0 aromatic carbocycles. The Morgan fingerprint density at radius 2 is 1.93 bits per heavy atom. The van der Waals surface area contributed by atoms with Gasteiger partial charge in [-0.1, -0.05) is 25.7 Å². The lowest BCUT2D eigenvalue weighted by Gasteiger charge is -2.32. The summed E-state index contributed by atoms with van der Waals surface area (Å²) in [5.41, 5.74) is -0.820. The van der Waals surface area contributed by atoms with E-state index in [0.29, 0.717) is 0 Å². The molecule has 0 spiro atoms. The first-order valence-electron chi connectivity index (χ1n) is 5.66. The molecular formula is C11H21NO3. The summed E-state index contributed by atoms with van der Waals surface area (Å²) in [4.78, 5) is 15.9. The van der Waals surface area contributed by atoms with Crippen molar-refractivity contribution >= 4 is 5.97 Å². The Balaban J connectivity index is 2.72. The van der Waals surface area contributed by atoms with Crippen molar-refractivity contribution in [2.75, 3.05) is 6.61 Å². The SMILES string of the molecule is CC(CON)(C(=O)O)C1CCCCCC1. The number of rotatable bonds is 4. The molecule has 1 saturated carbocycles. The number of nitrogens with two attached hydrogens (primary N) is 1. The Bertz CT molecular complexity index is 212. The van der Waals surface area contributed by atoms with Gasteiger partial charge in [0.15, 0.2) is 0 Å². The second-order valence-corrected chi connectivity index (χ2v) is 4.72. The van der Waals surface area contributed by atoms with Crippen LogP contribution in [-0.2, 0) is 9.63 Å². The van der Waals surface area contributed by atoms with Gasteiger partial charge in [0.1, 0.15) is 0 Å². The summed E-state index contributed by atoms with van der Waals surface area (Å²) in [6.07, 6.45) is 6.64. The van der Waals surface area contributed by atoms with Crippen molar-refractivity contribution in [3.05, 3.63) is 0 Å². The largest absolute Gasteiger partial charge is 0.481 e. The van der Waals surface area contributed by atoms with E-state index >= 15 is 0 Å². The number of aliphatic carboxylic acids is 1. The monoisotopic (exact) mass is 215 g/mol. The van der Waals surface area contributed by atoms with Crippen molar-refractivity contribution in [1.82, 2.24) is 0 Å². The molecule has 0 aromatic heterocycles. The zero-order chi connectivity index (χ0) is 11.3. The topological polar surface area (TPSA) is 72.5 Å². The first-order chi connectivity index (χ1) is 7.11. The maximum absolute atomic E-state index is 11.3. The standard InChI is InChI=1S/C11H21NO3/c1-11(8-15-12,10(13)14)9-6-4-2-3-5-7-9/h9H,2-8,12H2,1H3,(H,13,14). The summed E-state index contributed by atoms with van der Waals surface area (Å²) in [5.74, 6) is 4.44. The second kappa shape index (κ2) is 5.47. The Morgan fingerprint density at radius 3 is 2.33 bits per heavy atom. The van der Waals surface area contributed by atoms with Crippen molar-refractivity contribution in [2.45, 2.75) is 45.4 Å². The molecule has 0 bridgehead atoms. The molecule has 4 nitrogen and oxygen atoms in total. The molecule has 0 aliphatic heterocycles. The van der Waals surface area contributed by atoms with Gasteiger partial charge < -0.3 is 9.94 Å². The number of carboxylic acid groups (broad SMARTS) is 1. The van der Waals surface area contributed by atoms with Gasteiger partial charge in [-0.25, -0.2) is 5.90 Å². The molecule has 88 valence electrons. The number of carboxylic acids is 1. The van der Waals surface area contributed by atoms with E-state index in [-0.39, 0.29) is 12.5 Å². The molecule has 1 atom stereocenters. The maximum Gasteiger partial charge on any atom is 0.312 e. The van der Waals surface area contributed by atoms with Crippen LogP contribution in [0.15, 0.2) is 0 Å². The molecule has 1 rings (SSSR count). The highest BCUT2D eigenvalue weighted by atomic mass is 16.6. The quantitative estimate of drug-likeness (QED) is 0.555. The number of carbonyl (C=O) groups is 1. The summed E-state index contributed by atoms with van der Waals surface area (Å²) >= 11 is 0. The van der Waals surface area contributed by atoms with Crippen LogP contribution in [0.25, 0.3) is 0 Å². The van der Waals surface area contributed by atoms with E-state index in [1.165, 1.54) is 12.8 Å². The van der Waals surface area contributed by atoms with Gasteiger partial charge in [-0.3, -0.25) is 4.79 Å². The minimum absolute atomic E-state index is 0.104. The first-order valence-corrected chi connectivity index (χ1v) is 5.66. The van der Waals surface area contributed by atoms with Crippen LogP contribution in [0.1, 0.15) is 45.4 Å². The molecule has 1 aliphatic rings. The van der Waals surface area contributed by atoms with Crippen LogP contribution < -0.4 is 5.90 Å². The summed E-state index contributed by atoms with van der Waals surface area (Å²) in [7, 11) is 0. The smallest absolute Gasteiger partial charge is 0.312 e. The van der Waals surface area contributed by atoms with Gasteiger partial charge in [-0.15, -0.1) is 0 Å². The fourth-order valence-corrected chi connectivity index (χ4v) is 2.44. The van der Waals surface area contributed by atoms with E-state index in [9.17, 15) is 9.90 Å². The molecule has 4 heteroatoms. The zero-order valence-electron chi connectivity index (χ0n) is 9.37. The van der Waals surface area contributed by atoms with Crippen LogP contribution in [0.3, 0.4) is 0 Å². The third kappa shape index (κ3) is 2.92. The van der Waals surface area contributed by atoms with Crippen molar-refractivity contribution in [2.24, 2.45) is 17.2 Å². The Kier molecular flexibility index (Phi) is 4.54. The molecular weight excluding hydrogens is 194 g/mol. The summed E-state index contributed by atoms with van der Waals surface area (Å²) in [6, 6.07) is 0. The molecule has 15 heavy (non-hydrogen) atoms. The number of hydrogen-bond acceptors (Lipinski definition) is 3. The van der Waals surface area contributed by atoms with E-state index < -0.39 is 11.4 Å². The van der Waals surface area contributed by atoms with Crippen LogP contribution in [0.2, 0.25) is 0 Å². The molecule has 0 amide bonds. The Morgan fingerprint density at radius 1 is 1.40 bits per heavy atom. The third-order valence-corrected chi connectivity index (χ3v) is 3.63. The molecule has 3 N–H and O–H groups in total. The lowest BCUT2D eigenvalue weighted by atomic mass is 9.74. The Hall–Kier alpha value is -0.610. The van der Waals surface area contributed by atoms with Crippen LogP contribution in [0.5, 0.6) is 0 Å². The van der Waals surface area contributed by atoms with Crippen molar-refractivity contribution < 1.29 is 14.7 Å². The molecule has 0 saturated heterocycles. The normalized spacial score (nSPS) is 23.1. The maximum atomic E-state index is 11.3. The van der Waals surface area contributed by atoms with E-state index in [4.69, 9.17) is 5.90 Å². The average Bonchev–Trinajstić information content (AvgIpc) is 2.45. The lowest BCUT2D eigenvalue weighted by Crippen LogP contribution is -2.40. The van der Waals surface area contributed by atoms with E-state index in [2.05, 4.69) is 4.84 Å². The van der Waals surface area contributed by atoms with Gasteiger partial charge in [-0.05, 0) is 25.7 Å². The summed E-state index contributed by atoms with van der Waals surface area (Å²) in [5, 5.41) is 9.27. The first kappa shape index (κ1) is 12.5. The fraction of sp³-hybridized carbons (Fsp3) is 0.909. The van der Waals surface area contributed by atoms with Gasteiger partial charge in [-0.2, -0.15) is 0 Å². The summed E-state index contributed by atoms with van der Waals surface area (Å²) in [6.45, 7) is 1.85. The fourth-order valence-electron chi connectivity index (χ4n) is 2.44. The van der Waals surface area contributed by atoms with E-state index in [1.807, 2.05) is 0 Å². The zero-order valence-corrected chi connectivity index (χ0v) is 9.37. The van der Waals surface area contributed by atoms with Crippen LogP contribution in [-0.4, -0.2) is 17.7 Å². The molecule has 1 aliphatic carbocycles. The highest BCUT2D eigenvalue weighted by molar-refractivity contribution is 5.74. The van der Waals surface area contributed by atoms with Crippen molar-refractivity contribution in [3.63, 3.8) is 0 Å². The second-order valence-electron chi connectivity index (χ2n) is 4.72. The molecule has 1 unspecified atom stereocenters. The molecule has 0 aromatic rings. The minimum Gasteiger partial charge on any atom is -0.481 e. The molecule has 1 fully saturated rings. The van der Waals surface area contributed by atoms with Crippen LogP contribution in [0, 0.1) is 11.3 Å². The lowest BCUT2D eigenvalue weighted by molar-refractivity contribution is -0.157. The van der Waals surface area contributed by atoms with E-state index in [0.717, 1.165) is 25.7 Å². The average molecular weight is 215 g/mol. The van der Waals surface area contributed by atoms with Crippen LogP contribution >= 0.6 is 0 Å². The number of hydrogen-bond donors (Lipinski definition) is 2. The highest BCUT2D eigenvalue weighted by Crippen LogP contribution is 2.37. The summed E-state index contributed by atoms with van der Waals surface area (Å²) < 4.78 is 0. The van der Waals surface area contributed by atoms with Gasteiger partial charge in [0.2, 0.25) is 0 Å². The van der Waals surface area contributed by atoms with E-state index in [1.54, 1.807) is 6.92 Å². The third-order valence-electron chi connectivity index (χ3n) is 3.63. The molecule has 0 radical (unpaired) electrons. The molecule has 0 heterocycles. The minimum atomic E-state index is -0.820. The predicted molar refractivity (Wildman–Crippen MR) is 57.1 cm³/mol. The van der Waals surface area contributed by atoms with Gasteiger partial charge in [0, 0.05) is 0 Å². The Labute approximate surface area is 90.7 Å². The van der Waals surface area contributed by atoms with Crippen molar-refractivity contribution in [1.29, 1.82) is 0 Å². The van der Waals surface area contributed by atoms with Gasteiger partial charge in [0.05, 0.1) is 12.0 Å². The van der Waals surface area contributed by atoms with Crippen molar-refractivity contribution in [3.8, 4) is 0 Å². The van der Waals surface area contributed by atoms with Crippen LogP contribution in [0.4, 0.5) is 0 Å². The predicted octanol–water partition coefficient (Wildman–Crippen LogP) is 1.94. The highest BCUT2D eigenvalue weighted by Gasteiger charge is 2.41. The van der Waals surface area contributed by atoms with Gasteiger partial charge in [0.25, 0.3) is 0 Å².